The number of aromatic nitrogens is 1. The van der Waals surface area contributed by atoms with E-state index in [0.717, 1.165) is 5.52 Å². The molecule has 2 N–H and O–H groups in total. The molecule has 0 aliphatic heterocycles. The zero-order valence-corrected chi connectivity index (χ0v) is 24.4. The monoisotopic (exact) mass is 599 g/mol. The fourth-order valence-electron chi connectivity index (χ4n) is 4.92. The van der Waals surface area contributed by atoms with Crippen LogP contribution in [0.25, 0.3) is 15.8 Å². The Labute approximate surface area is 238 Å². The van der Waals surface area contributed by atoms with E-state index in [1.807, 2.05) is 106 Å². The Morgan fingerprint density at radius 2 is 1.36 bits per heavy atom. The van der Waals surface area contributed by atoms with Crippen LogP contribution < -0.4 is 0 Å². The molecule has 5 aromatic rings. The summed E-state index contributed by atoms with van der Waals surface area (Å²) in [6.45, 7) is 5.91. The number of fused-ring (bicyclic) bond motifs is 1. The number of hydrogen-bond acceptors (Lipinski definition) is 3. The molecule has 0 saturated carbocycles. The van der Waals surface area contributed by atoms with Crippen LogP contribution in [0.4, 0.5) is 0 Å². The van der Waals surface area contributed by atoms with Gasteiger partial charge in [0, 0.05) is 20.9 Å². The predicted octanol–water partition coefficient (Wildman–Crippen LogP) is 8.08. The van der Waals surface area contributed by atoms with Gasteiger partial charge in [-0.2, -0.15) is 0 Å². The molecule has 5 rings (SSSR count). The number of halogens is 1. The van der Waals surface area contributed by atoms with Crippen molar-refractivity contribution >= 4 is 41.6 Å². The second kappa shape index (κ2) is 10.3. The number of para-hydroxylation sites is 1. The van der Waals surface area contributed by atoms with Crippen molar-refractivity contribution in [3.8, 4) is 0 Å². The highest BCUT2D eigenvalue weighted by atomic mass is 79.9. The summed E-state index contributed by atoms with van der Waals surface area (Å²) in [5.74, 6) is 0. The third kappa shape index (κ3) is 5.12. The van der Waals surface area contributed by atoms with Gasteiger partial charge in [-0.1, -0.05) is 128 Å². The lowest BCUT2D eigenvalue weighted by molar-refractivity contribution is 0.121. The molecule has 39 heavy (non-hydrogen) atoms. The van der Waals surface area contributed by atoms with Crippen molar-refractivity contribution in [3.63, 3.8) is 0 Å². The van der Waals surface area contributed by atoms with E-state index in [4.69, 9.17) is 0 Å². The predicted molar refractivity (Wildman–Crippen MR) is 162 cm³/mol. The highest BCUT2D eigenvalue weighted by Gasteiger charge is 2.41. The van der Waals surface area contributed by atoms with Crippen LogP contribution in [-0.4, -0.2) is 18.5 Å². The Hall–Kier alpha value is -3.45. The smallest absolute Gasteiger partial charge is 0.207 e. The molecule has 4 nitrogen and oxygen atoms in total. The molecule has 0 unspecified atom stereocenters. The average molecular weight is 601 g/mol. The second-order valence-corrected chi connectivity index (χ2v) is 13.5. The van der Waals surface area contributed by atoms with Crippen molar-refractivity contribution in [3.05, 3.63) is 142 Å². The summed E-state index contributed by atoms with van der Waals surface area (Å²) in [5.41, 5.74) is 0.684. The number of H-pyrrole nitrogens is 1. The SMILES string of the molecule is CC(C)(C)C=C(c1c(C(O)(c2ccccc2)c2ccccc2)[nH]c2ccccc12)S(=O)(=O)c1cccc(Br)c1. The van der Waals surface area contributed by atoms with Gasteiger partial charge in [-0.15, -0.1) is 0 Å². The van der Waals surface area contributed by atoms with Gasteiger partial charge in [0.15, 0.2) is 5.60 Å². The summed E-state index contributed by atoms with van der Waals surface area (Å²) in [5, 5.41) is 13.5. The summed E-state index contributed by atoms with van der Waals surface area (Å²) >= 11 is 3.43. The van der Waals surface area contributed by atoms with E-state index in [2.05, 4.69) is 20.9 Å². The Bertz CT molecular complexity index is 1730. The van der Waals surface area contributed by atoms with Crippen molar-refractivity contribution < 1.29 is 13.5 Å². The van der Waals surface area contributed by atoms with Crippen LogP contribution in [0.1, 0.15) is 43.2 Å². The van der Waals surface area contributed by atoms with Crippen molar-refractivity contribution in [1.29, 1.82) is 0 Å². The third-order valence-electron chi connectivity index (χ3n) is 6.66. The first kappa shape index (κ1) is 27.1. The zero-order chi connectivity index (χ0) is 27.8. The quantitative estimate of drug-likeness (QED) is 0.207. The highest BCUT2D eigenvalue weighted by molar-refractivity contribution is 9.10. The topological polar surface area (TPSA) is 70.2 Å². The molecule has 0 aliphatic rings. The fraction of sp³-hybridized carbons (Fsp3) is 0.152. The molecule has 0 aliphatic carbocycles. The largest absolute Gasteiger partial charge is 0.375 e. The van der Waals surface area contributed by atoms with Gasteiger partial charge >= 0.3 is 0 Å². The Balaban J connectivity index is 1.93. The molecule has 0 fully saturated rings. The van der Waals surface area contributed by atoms with Crippen LogP contribution in [-0.2, 0) is 15.4 Å². The van der Waals surface area contributed by atoms with Gasteiger partial charge < -0.3 is 10.1 Å². The molecule has 0 amide bonds. The Morgan fingerprint density at radius 3 is 1.92 bits per heavy atom. The van der Waals surface area contributed by atoms with E-state index in [1.54, 1.807) is 30.3 Å². The Kier molecular flexibility index (Phi) is 7.14. The van der Waals surface area contributed by atoms with Gasteiger partial charge in [0.1, 0.15) is 0 Å². The van der Waals surface area contributed by atoms with E-state index < -0.39 is 20.9 Å². The van der Waals surface area contributed by atoms with Gasteiger partial charge in [0.2, 0.25) is 9.84 Å². The molecule has 0 atom stereocenters. The number of nitrogens with one attached hydrogen (secondary N) is 1. The lowest BCUT2D eigenvalue weighted by Gasteiger charge is -2.31. The van der Waals surface area contributed by atoms with Crippen molar-refractivity contribution in [2.45, 2.75) is 31.3 Å². The molecule has 1 heterocycles. The van der Waals surface area contributed by atoms with Crippen LogP contribution in [0.5, 0.6) is 0 Å². The van der Waals surface area contributed by atoms with Crippen LogP contribution in [0.3, 0.4) is 0 Å². The molecule has 198 valence electrons. The molecule has 1 aromatic heterocycles. The van der Waals surface area contributed by atoms with Gasteiger partial charge in [0.05, 0.1) is 15.5 Å². The van der Waals surface area contributed by atoms with Crippen LogP contribution in [0.2, 0.25) is 0 Å². The fourth-order valence-corrected chi connectivity index (χ4v) is 7.26. The molecule has 0 bridgehead atoms. The number of aliphatic hydroxyl groups is 1. The molecule has 6 heteroatoms. The van der Waals surface area contributed by atoms with Crippen molar-refractivity contribution in [2.75, 3.05) is 0 Å². The summed E-state index contributed by atoms with van der Waals surface area (Å²) in [4.78, 5) is 3.76. The number of aromatic amines is 1. The lowest BCUT2D eigenvalue weighted by Crippen LogP contribution is -2.31. The van der Waals surface area contributed by atoms with Crippen molar-refractivity contribution in [2.24, 2.45) is 5.41 Å². The number of rotatable bonds is 6. The van der Waals surface area contributed by atoms with Crippen LogP contribution in [0.15, 0.2) is 125 Å². The highest BCUT2D eigenvalue weighted by Crippen LogP contribution is 2.46. The first-order valence-corrected chi connectivity index (χ1v) is 15.0. The zero-order valence-electron chi connectivity index (χ0n) is 22.0. The Morgan fingerprint density at radius 1 is 0.795 bits per heavy atom. The first-order valence-electron chi connectivity index (χ1n) is 12.7. The van der Waals surface area contributed by atoms with E-state index >= 15 is 0 Å². The molecule has 0 radical (unpaired) electrons. The average Bonchev–Trinajstić information content (AvgIpc) is 3.31. The number of allylic oxidation sites excluding steroid dienone is 1. The van der Waals surface area contributed by atoms with E-state index in [9.17, 15) is 13.5 Å². The van der Waals surface area contributed by atoms with Gasteiger partial charge in [-0.25, -0.2) is 8.42 Å². The van der Waals surface area contributed by atoms with E-state index in [1.165, 1.54) is 0 Å². The molecular formula is C33H30BrNO3S. The second-order valence-electron chi connectivity index (χ2n) is 10.7. The summed E-state index contributed by atoms with van der Waals surface area (Å²) in [6, 6.07) is 33.0. The summed E-state index contributed by atoms with van der Waals surface area (Å²) in [6.07, 6.45) is 1.79. The van der Waals surface area contributed by atoms with E-state index in [0.29, 0.717) is 32.2 Å². The first-order chi connectivity index (χ1) is 18.5. The maximum absolute atomic E-state index is 14.5. The van der Waals surface area contributed by atoms with E-state index in [-0.39, 0.29) is 9.80 Å². The summed E-state index contributed by atoms with van der Waals surface area (Å²) in [7, 11) is -4.02. The van der Waals surface area contributed by atoms with Gasteiger partial charge in [-0.3, -0.25) is 0 Å². The van der Waals surface area contributed by atoms with Crippen LogP contribution in [0, 0.1) is 5.41 Å². The maximum atomic E-state index is 14.5. The molecule has 0 saturated heterocycles. The van der Waals surface area contributed by atoms with Gasteiger partial charge in [-0.05, 0) is 40.8 Å². The number of benzene rings is 4. The minimum absolute atomic E-state index is 0.144. The van der Waals surface area contributed by atoms with Crippen molar-refractivity contribution in [1.82, 2.24) is 4.98 Å². The standard InChI is InChI=1S/C33H30BrNO3S/c1-32(2,3)22-29(39(37,38)26-18-12-17-25(34)21-26)30-27-19-10-11-20-28(27)35-31(30)33(36,23-13-6-4-7-14-23)24-15-8-5-9-16-24/h4-22,35-36H,1-3H3. The number of sulfone groups is 1. The minimum Gasteiger partial charge on any atom is -0.375 e. The lowest BCUT2D eigenvalue weighted by atomic mass is 9.81. The minimum atomic E-state index is -4.02. The maximum Gasteiger partial charge on any atom is 0.207 e. The summed E-state index contributed by atoms with van der Waals surface area (Å²) < 4.78 is 29.6. The molecule has 0 spiro atoms. The molecule has 4 aromatic carbocycles. The normalized spacial score (nSPS) is 13.1. The third-order valence-corrected chi connectivity index (χ3v) is 8.93. The van der Waals surface area contributed by atoms with Gasteiger partial charge in [0.25, 0.3) is 0 Å². The van der Waals surface area contributed by atoms with Crippen LogP contribution >= 0.6 is 15.9 Å². The number of hydrogen-bond donors (Lipinski definition) is 2. The molecular weight excluding hydrogens is 570 g/mol.